The molecule has 0 radical (unpaired) electrons. The third kappa shape index (κ3) is 3.58. The summed E-state index contributed by atoms with van der Waals surface area (Å²) in [7, 11) is 0. The van der Waals surface area contributed by atoms with Crippen LogP contribution in [0.3, 0.4) is 0 Å². The first-order valence-corrected chi connectivity index (χ1v) is 9.42. The van der Waals surface area contributed by atoms with E-state index in [2.05, 4.69) is 33.9 Å². The van der Waals surface area contributed by atoms with E-state index in [0.717, 1.165) is 38.2 Å². The number of aryl methyl sites for hydroxylation is 1. The van der Waals surface area contributed by atoms with Crippen LogP contribution in [0.25, 0.3) is 0 Å². The highest BCUT2D eigenvalue weighted by atomic mass is 32.1. The summed E-state index contributed by atoms with van der Waals surface area (Å²) >= 11 is 1.87. The fourth-order valence-electron chi connectivity index (χ4n) is 3.59. The second-order valence-electron chi connectivity index (χ2n) is 6.84. The number of ether oxygens (including phenoxy) is 1. The van der Waals surface area contributed by atoms with Crippen LogP contribution in [0, 0.1) is 6.92 Å². The molecule has 2 aliphatic rings. The van der Waals surface area contributed by atoms with Gasteiger partial charge in [-0.05, 0) is 31.9 Å². The number of morpholine rings is 1. The molecule has 2 aromatic heterocycles. The average Bonchev–Trinajstić information content (AvgIpc) is 3.05. The Labute approximate surface area is 151 Å². The molecule has 1 amide bonds. The number of anilines is 1. The quantitative estimate of drug-likeness (QED) is 0.842. The van der Waals surface area contributed by atoms with Crippen molar-refractivity contribution in [2.24, 2.45) is 0 Å². The van der Waals surface area contributed by atoms with Crippen molar-refractivity contribution in [2.45, 2.75) is 31.9 Å². The number of nitrogens with zero attached hydrogens (tertiary/aromatic N) is 4. The Morgan fingerprint density at radius 3 is 2.68 bits per heavy atom. The molecule has 4 rings (SSSR count). The van der Waals surface area contributed by atoms with Crippen molar-refractivity contribution in [2.75, 3.05) is 31.1 Å². The third-order valence-electron chi connectivity index (χ3n) is 5.05. The summed E-state index contributed by atoms with van der Waals surface area (Å²) in [6, 6.07) is 4.40. The molecule has 0 N–H and O–H groups in total. The van der Waals surface area contributed by atoms with Crippen LogP contribution < -0.4 is 4.90 Å². The molecule has 0 saturated carbocycles. The summed E-state index contributed by atoms with van der Waals surface area (Å²) in [5.41, 5.74) is 0.512. The number of hydrogen-bond acceptors (Lipinski definition) is 6. The Kier molecular flexibility index (Phi) is 4.54. The lowest BCUT2D eigenvalue weighted by molar-refractivity contribution is -0.144. The van der Waals surface area contributed by atoms with Crippen LogP contribution in [0.2, 0.25) is 0 Å². The largest absolute Gasteiger partial charge is 0.363 e. The van der Waals surface area contributed by atoms with Gasteiger partial charge in [0.05, 0.1) is 30.2 Å². The fraction of sp³-hybridized carbons (Fsp3) is 0.500. The van der Waals surface area contributed by atoms with E-state index in [4.69, 9.17) is 4.74 Å². The summed E-state index contributed by atoms with van der Waals surface area (Å²) in [4.78, 5) is 27.4. The molecule has 6 nitrogen and oxygen atoms in total. The number of thiophene rings is 1. The van der Waals surface area contributed by atoms with Crippen LogP contribution in [0.1, 0.15) is 22.6 Å². The highest BCUT2D eigenvalue weighted by Crippen LogP contribution is 2.33. The fourth-order valence-corrected chi connectivity index (χ4v) is 4.53. The molecular formula is C18H22N4O2S. The number of rotatable bonds is 3. The van der Waals surface area contributed by atoms with Gasteiger partial charge in [0.2, 0.25) is 0 Å². The summed E-state index contributed by atoms with van der Waals surface area (Å²) in [5, 5.41) is 0. The van der Waals surface area contributed by atoms with Gasteiger partial charge >= 0.3 is 0 Å². The minimum absolute atomic E-state index is 0.0167. The van der Waals surface area contributed by atoms with Gasteiger partial charge in [0.25, 0.3) is 5.91 Å². The summed E-state index contributed by atoms with van der Waals surface area (Å²) in [5.74, 6) is -0.0167. The molecule has 25 heavy (non-hydrogen) atoms. The van der Waals surface area contributed by atoms with Crippen molar-refractivity contribution < 1.29 is 9.53 Å². The van der Waals surface area contributed by atoms with E-state index in [1.54, 1.807) is 17.3 Å². The number of hydrogen-bond donors (Lipinski definition) is 0. The van der Waals surface area contributed by atoms with Gasteiger partial charge in [-0.25, -0.2) is 9.97 Å². The van der Waals surface area contributed by atoms with Crippen LogP contribution in [0.15, 0.2) is 30.9 Å². The Bertz CT molecular complexity index is 741. The Morgan fingerprint density at radius 2 is 2.00 bits per heavy atom. The van der Waals surface area contributed by atoms with Crippen LogP contribution in [0.5, 0.6) is 0 Å². The Balaban J connectivity index is 1.41. The molecule has 0 atom stereocenters. The van der Waals surface area contributed by atoms with Crippen molar-refractivity contribution in [3.8, 4) is 0 Å². The van der Waals surface area contributed by atoms with E-state index >= 15 is 0 Å². The molecule has 1 spiro atoms. The van der Waals surface area contributed by atoms with E-state index in [1.807, 2.05) is 11.3 Å². The van der Waals surface area contributed by atoms with E-state index in [1.165, 1.54) is 16.1 Å². The predicted molar refractivity (Wildman–Crippen MR) is 96.6 cm³/mol. The van der Waals surface area contributed by atoms with Crippen molar-refractivity contribution in [3.63, 3.8) is 0 Å². The Morgan fingerprint density at radius 1 is 1.24 bits per heavy atom. The summed E-state index contributed by atoms with van der Waals surface area (Å²) in [6.45, 7) is 5.86. The molecule has 0 aliphatic carbocycles. The Hall–Kier alpha value is -1.83. The first-order chi connectivity index (χ1) is 12.1. The van der Waals surface area contributed by atoms with E-state index in [9.17, 15) is 4.79 Å². The zero-order chi connectivity index (χ0) is 17.3. The van der Waals surface area contributed by atoms with Gasteiger partial charge in [-0.3, -0.25) is 9.69 Å². The average molecular weight is 358 g/mol. The predicted octanol–water partition coefficient (Wildman–Crippen LogP) is 2.24. The molecule has 7 heteroatoms. The maximum atomic E-state index is 12.3. The van der Waals surface area contributed by atoms with Crippen molar-refractivity contribution >= 4 is 22.9 Å². The molecule has 4 heterocycles. The SMILES string of the molecule is Cc1ccc(CN2CCC3(CC2)CN(c2cncnc2)C(=O)CO3)s1. The van der Waals surface area contributed by atoms with Gasteiger partial charge in [-0.2, -0.15) is 0 Å². The zero-order valence-corrected chi connectivity index (χ0v) is 15.2. The van der Waals surface area contributed by atoms with E-state index in [0.29, 0.717) is 6.54 Å². The number of aromatic nitrogens is 2. The number of piperidine rings is 1. The molecular weight excluding hydrogens is 336 g/mol. The lowest BCUT2D eigenvalue weighted by Crippen LogP contribution is -2.58. The monoisotopic (exact) mass is 358 g/mol. The maximum absolute atomic E-state index is 12.3. The number of carbonyl (C=O) groups excluding carboxylic acids is 1. The highest BCUT2D eigenvalue weighted by molar-refractivity contribution is 7.11. The van der Waals surface area contributed by atoms with E-state index in [-0.39, 0.29) is 18.1 Å². The van der Waals surface area contributed by atoms with Gasteiger partial charge in [0.1, 0.15) is 12.9 Å². The molecule has 2 fully saturated rings. The third-order valence-corrected chi connectivity index (χ3v) is 6.04. The number of likely N-dealkylation sites (tertiary alicyclic amines) is 1. The molecule has 0 aromatic carbocycles. The van der Waals surface area contributed by atoms with Crippen LogP contribution in [-0.2, 0) is 16.1 Å². The highest BCUT2D eigenvalue weighted by Gasteiger charge is 2.42. The van der Waals surface area contributed by atoms with Gasteiger partial charge < -0.3 is 9.64 Å². The molecule has 2 saturated heterocycles. The first kappa shape index (κ1) is 16.6. The van der Waals surface area contributed by atoms with Crippen LogP contribution in [-0.4, -0.2) is 52.6 Å². The minimum atomic E-state index is -0.244. The number of carbonyl (C=O) groups is 1. The molecule has 0 bridgehead atoms. The first-order valence-electron chi connectivity index (χ1n) is 8.61. The van der Waals surface area contributed by atoms with Gasteiger partial charge in [-0.1, -0.05) is 0 Å². The smallest absolute Gasteiger partial charge is 0.253 e. The van der Waals surface area contributed by atoms with Crippen LogP contribution >= 0.6 is 11.3 Å². The second-order valence-corrected chi connectivity index (χ2v) is 8.21. The van der Waals surface area contributed by atoms with Crippen molar-refractivity contribution in [1.82, 2.24) is 14.9 Å². The molecule has 132 valence electrons. The standard InChI is InChI=1S/C18H22N4O2S/c1-14-2-3-16(25-14)10-21-6-4-18(5-7-21)12-22(17(23)11-24-18)15-8-19-13-20-9-15/h2-3,8-9,13H,4-7,10-12H2,1H3. The summed E-state index contributed by atoms with van der Waals surface area (Å²) < 4.78 is 6.02. The molecule has 2 aromatic rings. The van der Waals surface area contributed by atoms with Gasteiger partial charge in [0, 0.05) is 29.4 Å². The lowest BCUT2D eigenvalue weighted by Gasteiger charge is -2.46. The topological polar surface area (TPSA) is 58.6 Å². The van der Waals surface area contributed by atoms with Gasteiger partial charge in [-0.15, -0.1) is 11.3 Å². The normalized spacial score (nSPS) is 21.0. The maximum Gasteiger partial charge on any atom is 0.253 e. The van der Waals surface area contributed by atoms with E-state index < -0.39 is 0 Å². The molecule has 0 unspecified atom stereocenters. The van der Waals surface area contributed by atoms with Crippen molar-refractivity contribution in [1.29, 1.82) is 0 Å². The second kappa shape index (κ2) is 6.82. The van der Waals surface area contributed by atoms with Crippen LogP contribution in [0.4, 0.5) is 5.69 Å². The van der Waals surface area contributed by atoms with Gasteiger partial charge in [0.15, 0.2) is 0 Å². The minimum Gasteiger partial charge on any atom is -0.363 e. The molecule has 2 aliphatic heterocycles. The van der Waals surface area contributed by atoms with Crippen molar-refractivity contribution in [3.05, 3.63) is 40.6 Å². The lowest BCUT2D eigenvalue weighted by atomic mass is 9.89. The summed E-state index contributed by atoms with van der Waals surface area (Å²) in [6.07, 6.45) is 6.75. The number of amides is 1. The zero-order valence-electron chi connectivity index (χ0n) is 14.4.